The molecule has 0 aliphatic heterocycles. The molecule has 0 aromatic carbocycles. The number of aliphatic hydroxyl groups excluding tert-OH is 1. The van der Waals surface area contributed by atoms with Gasteiger partial charge in [0.25, 0.3) is 0 Å². The zero-order chi connectivity index (χ0) is 79.5. The summed E-state index contributed by atoms with van der Waals surface area (Å²) in [7, 11) is -9.93. The second kappa shape index (κ2) is 77.6. The summed E-state index contributed by atoms with van der Waals surface area (Å²) in [6.45, 7) is 14.4. The van der Waals surface area contributed by atoms with E-state index >= 15 is 0 Å². The van der Waals surface area contributed by atoms with E-state index in [0.29, 0.717) is 31.6 Å². The molecular weight excluding hydrogens is 1400 g/mol. The molecule has 3 N–H and O–H groups in total. The number of unbranched alkanes of at least 4 members (excludes halogenated alkanes) is 51. The van der Waals surface area contributed by atoms with Gasteiger partial charge in [0.2, 0.25) is 0 Å². The van der Waals surface area contributed by atoms with Gasteiger partial charge in [-0.25, -0.2) is 9.13 Å². The molecule has 642 valence electrons. The lowest BCUT2D eigenvalue weighted by molar-refractivity contribution is -0.161. The van der Waals surface area contributed by atoms with E-state index < -0.39 is 97.5 Å². The Labute approximate surface area is 664 Å². The topological polar surface area (TPSA) is 237 Å². The summed E-state index contributed by atoms with van der Waals surface area (Å²) in [5.74, 6) is 1.08. The molecule has 4 unspecified atom stereocenters. The zero-order valence-corrected chi connectivity index (χ0v) is 73.3. The van der Waals surface area contributed by atoms with Gasteiger partial charge in [-0.15, -0.1) is 0 Å². The van der Waals surface area contributed by atoms with E-state index in [-0.39, 0.29) is 25.7 Å². The van der Waals surface area contributed by atoms with Gasteiger partial charge in [0.1, 0.15) is 19.3 Å². The van der Waals surface area contributed by atoms with Crippen LogP contribution in [0.4, 0.5) is 0 Å². The molecule has 0 aromatic heterocycles. The first-order valence-corrected chi connectivity index (χ1v) is 48.7. The Morgan fingerprint density at radius 2 is 0.444 bits per heavy atom. The van der Waals surface area contributed by atoms with Crippen molar-refractivity contribution in [2.75, 3.05) is 39.6 Å². The second-order valence-corrected chi connectivity index (χ2v) is 36.6. The smallest absolute Gasteiger partial charge is 0.462 e. The number of phosphoric acid groups is 2. The maximum Gasteiger partial charge on any atom is 0.472 e. The van der Waals surface area contributed by atoms with Crippen molar-refractivity contribution in [2.45, 2.75) is 485 Å². The molecule has 19 heteroatoms. The van der Waals surface area contributed by atoms with E-state index in [4.69, 9.17) is 37.0 Å². The van der Waals surface area contributed by atoms with Crippen LogP contribution in [0.2, 0.25) is 0 Å². The summed E-state index contributed by atoms with van der Waals surface area (Å²) < 4.78 is 69.0. The number of carbonyl (C=O) groups excluding carboxylic acids is 4. The van der Waals surface area contributed by atoms with Gasteiger partial charge in [-0.05, 0) is 49.4 Å². The molecule has 0 saturated carbocycles. The number of esters is 4. The average molecular weight is 1580 g/mol. The fraction of sp³-hybridized carbons (Fsp3) is 0.955. The van der Waals surface area contributed by atoms with Crippen LogP contribution in [0.15, 0.2) is 0 Å². The van der Waals surface area contributed by atoms with Crippen LogP contribution in [0.5, 0.6) is 0 Å². The molecule has 6 atom stereocenters. The number of carbonyl (C=O) groups is 4. The maximum absolute atomic E-state index is 13.2. The number of phosphoric ester groups is 2. The highest BCUT2D eigenvalue weighted by Gasteiger charge is 2.31. The van der Waals surface area contributed by atoms with Crippen molar-refractivity contribution in [3.8, 4) is 0 Å². The third kappa shape index (κ3) is 80.7. The van der Waals surface area contributed by atoms with E-state index in [0.717, 1.165) is 114 Å². The molecule has 0 spiro atoms. The number of aliphatic hydroxyl groups is 1. The van der Waals surface area contributed by atoms with Gasteiger partial charge in [0, 0.05) is 25.7 Å². The summed E-state index contributed by atoms with van der Waals surface area (Å²) >= 11 is 0. The summed E-state index contributed by atoms with van der Waals surface area (Å²) in [6.07, 6.45) is 68.1. The second-order valence-electron chi connectivity index (χ2n) is 33.7. The van der Waals surface area contributed by atoms with Crippen molar-refractivity contribution in [1.29, 1.82) is 0 Å². The van der Waals surface area contributed by atoms with Gasteiger partial charge in [0.15, 0.2) is 12.2 Å². The van der Waals surface area contributed by atoms with Crippen LogP contribution in [0.25, 0.3) is 0 Å². The van der Waals surface area contributed by atoms with E-state index in [9.17, 15) is 43.2 Å². The van der Waals surface area contributed by atoms with Crippen LogP contribution < -0.4 is 0 Å². The predicted octanol–water partition coefficient (Wildman–Crippen LogP) is 27.1. The van der Waals surface area contributed by atoms with Gasteiger partial charge in [0.05, 0.1) is 26.4 Å². The summed E-state index contributed by atoms with van der Waals surface area (Å²) in [6, 6.07) is 0. The quantitative estimate of drug-likeness (QED) is 0.0222. The highest BCUT2D eigenvalue weighted by Crippen LogP contribution is 2.45. The molecule has 0 heterocycles. The van der Waals surface area contributed by atoms with Crippen LogP contribution >= 0.6 is 15.6 Å². The van der Waals surface area contributed by atoms with Gasteiger partial charge < -0.3 is 33.8 Å². The van der Waals surface area contributed by atoms with Crippen molar-refractivity contribution in [1.82, 2.24) is 0 Å². The van der Waals surface area contributed by atoms with Gasteiger partial charge >= 0.3 is 39.5 Å². The van der Waals surface area contributed by atoms with Crippen molar-refractivity contribution < 1.29 is 80.2 Å². The zero-order valence-electron chi connectivity index (χ0n) is 71.5. The van der Waals surface area contributed by atoms with Crippen LogP contribution in [0, 0.1) is 23.7 Å². The highest BCUT2D eigenvalue weighted by atomic mass is 31.2. The Morgan fingerprint density at radius 1 is 0.259 bits per heavy atom. The van der Waals surface area contributed by atoms with Gasteiger partial charge in [-0.2, -0.15) is 0 Å². The predicted molar refractivity (Wildman–Crippen MR) is 446 cm³/mol. The van der Waals surface area contributed by atoms with Crippen molar-refractivity contribution in [2.24, 2.45) is 23.7 Å². The lowest BCUT2D eigenvalue weighted by atomic mass is 9.99. The molecule has 0 radical (unpaired) electrons. The standard InChI is InChI=1S/C89H174O17P2/c1-9-82(8)68-60-52-44-36-30-24-17-12-10-11-13-19-26-32-38-46-55-63-71-88(93)105-84(75-99-86(91)69-61-53-45-37-31-25-18-15-14-16-22-28-34-41-49-57-65-79(2)3)77-103-107(95,96)101-73-83(90)74-102-108(97,98)104-78-85(76-100-87(92)70-62-54-48-40-43-51-59-67-81(6)7)106-89(94)72-64-56-47-39-33-27-21-20-23-29-35-42-50-58-66-80(4)5/h79-85,90H,9-78H2,1-8H3,(H,95,96)(H,97,98)/t82?,83?,84-,85-/m1/s1. The van der Waals surface area contributed by atoms with E-state index in [1.54, 1.807) is 0 Å². The lowest BCUT2D eigenvalue weighted by Gasteiger charge is -2.21. The molecule has 0 bridgehead atoms. The normalized spacial score (nSPS) is 14.1. The summed E-state index contributed by atoms with van der Waals surface area (Å²) in [4.78, 5) is 73.3. The highest BCUT2D eigenvalue weighted by molar-refractivity contribution is 7.47. The first-order valence-electron chi connectivity index (χ1n) is 45.7. The first kappa shape index (κ1) is 106. The molecule has 0 aliphatic rings. The number of hydrogen-bond donors (Lipinski definition) is 3. The number of rotatable bonds is 86. The minimum atomic E-state index is -4.97. The average Bonchev–Trinajstić information content (AvgIpc) is 0.901. The molecule has 17 nitrogen and oxygen atoms in total. The Kier molecular flexibility index (Phi) is 76.2. The molecular formula is C89H174O17P2. The Morgan fingerprint density at radius 3 is 0.657 bits per heavy atom. The maximum atomic E-state index is 13.2. The third-order valence-corrected chi connectivity index (χ3v) is 23.1. The molecule has 0 fully saturated rings. The molecule has 108 heavy (non-hydrogen) atoms. The monoisotopic (exact) mass is 1580 g/mol. The summed E-state index contributed by atoms with van der Waals surface area (Å²) in [5.41, 5.74) is 0. The first-order chi connectivity index (χ1) is 52.1. The Balaban J connectivity index is 5.23. The lowest BCUT2D eigenvalue weighted by Crippen LogP contribution is -2.30. The molecule has 0 rings (SSSR count). The van der Waals surface area contributed by atoms with Crippen molar-refractivity contribution in [3.05, 3.63) is 0 Å². The van der Waals surface area contributed by atoms with Crippen LogP contribution in [-0.4, -0.2) is 96.7 Å². The van der Waals surface area contributed by atoms with Crippen molar-refractivity contribution >= 4 is 39.5 Å². The number of hydrogen-bond acceptors (Lipinski definition) is 15. The fourth-order valence-electron chi connectivity index (χ4n) is 13.8. The fourth-order valence-corrected chi connectivity index (χ4v) is 15.4. The minimum Gasteiger partial charge on any atom is -0.462 e. The molecule has 0 aromatic rings. The molecule has 0 aliphatic carbocycles. The summed E-state index contributed by atoms with van der Waals surface area (Å²) in [5, 5.41) is 10.7. The van der Waals surface area contributed by atoms with Gasteiger partial charge in [-0.3, -0.25) is 37.3 Å². The van der Waals surface area contributed by atoms with Gasteiger partial charge in [-0.1, -0.05) is 415 Å². The van der Waals surface area contributed by atoms with Crippen LogP contribution in [0.1, 0.15) is 466 Å². The Hall–Kier alpha value is -1.94. The largest absolute Gasteiger partial charge is 0.472 e. The van der Waals surface area contributed by atoms with E-state index in [2.05, 4.69) is 55.4 Å². The Bertz CT molecular complexity index is 2100. The number of ether oxygens (including phenoxy) is 4. The van der Waals surface area contributed by atoms with Crippen LogP contribution in [-0.2, 0) is 65.4 Å². The minimum absolute atomic E-state index is 0.107. The van der Waals surface area contributed by atoms with Crippen LogP contribution in [0.3, 0.4) is 0 Å². The van der Waals surface area contributed by atoms with E-state index in [1.165, 1.54) is 263 Å². The SMILES string of the molecule is CCC(C)CCCCCCCCCCCCCCCCCCCCC(=O)O[C@H](COC(=O)CCCCCCCCCCCCCCCCCCC(C)C)COP(=O)(O)OCC(O)COP(=O)(O)OC[C@@H](COC(=O)CCCCCCCCCC(C)C)OC(=O)CCCCCCCCCCCCCCCCC(C)C. The third-order valence-electron chi connectivity index (χ3n) is 21.2. The van der Waals surface area contributed by atoms with E-state index in [1.807, 2.05) is 0 Å². The molecule has 0 saturated heterocycles. The van der Waals surface area contributed by atoms with Crippen molar-refractivity contribution in [3.63, 3.8) is 0 Å². The molecule has 0 amide bonds.